The van der Waals surface area contributed by atoms with Crippen molar-refractivity contribution in [3.8, 4) is 23.2 Å². The van der Waals surface area contributed by atoms with Gasteiger partial charge in [-0.15, -0.1) is 0 Å². The van der Waals surface area contributed by atoms with E-state index in [2.05, 4.69) is 20.7 Å². The van der Waals surface area contributed by atoms with E-state index in [9.17, 15) is 31.2 Å². The van der Waals surface area contributed by atoms with E-state index in [0.29, 0.717) is 24.0 Å². The molecule has 12 nitrogen and oxygen atoms in total. The average Bonchev–Trinajstić information content (AvgIpc) is 3.44. The number of amides is 2. The van der Waals surface area contributed by atoms with Crippen molar-refractivity contribution in [1.29, 1.82) is 5.26 Å². The molecular weight excluding hydrogens is 567 g/mol. The van der Waals surface area contributed by atoms with Crippen molar-refractivity contribution in [2.24, 2.45) is 0 Å². The third-order valence-corrected chi connectivity index (χ3v) is 8.05. The molecule has 0 fully saturated rings. The normalized spacial score (nSPS) is 17.9. The Balaban J connectivity index is 1.52. The number of pyridine rings is 1. The minimum Gasteiger partial charge on any atom is -0.484 e. The first-order valence-electron chi connectivity index (χ1n) is 12.2. The van der Waals surface area contributed by atoms with Crippen LogP contribution in [0.5, 0.6) is 5.75 Å². The van der Waals surface area contributed by atoms with Gasteiger partial charge in [-0.25, -0.2) is 13.1 Å². The molecule has 1 aliphatic heterocycles. The summed E-state index contributed by atoms with van der Waals surface area (Å²) < 4.78 is 70.0. The second-order valence-corrected chi connectivity index (χ2v) is 11.5. The van der Waals surface area contributed by atoms with E-state index in [4.69, 9.17) is 10.00 Å². The molecule has 214 valence electrons. The van der Waals surface area contributed by atoms with Crippen molar-refractivity contribution < 1.29 is 35.9 Å². The van der Waals surface area contributed by atoms with Gasteiger partial charge < -0.3 is 15.4 Å². The first-order chi connectivity index (χ1) is 19.3. The van der Waals surface area contributed by atoms with Gasteiger partial charge in [0.2, 0.25) is 15.9 Å². The summed E-state index contributed by atoms with van der Waals surface area (Å²) >= 11 is 0. The van der Waals surface area contributed by atoms with Gasteiger partial charge in [-0.1, -0.05) is 6.07 Å². The molecule has 0 bridgehead atoms. The molecule has 0 saturated carbocycles. The Bertz CT molecular complexity index is 1700. The summed E-state index contributed by atoms with van der Waals surface area (Å²) in [4.78, 5) is 30.4. The molecule has 0 unspecified atom stereocenters. The number of aromatic nitrogens is 3. The fourth-order valence-electron chi connectivity index (χ4n) is 4.97. The molecule has 0 saturated heterocycles. The summed E-state index contributed by atoms with van der Waals surface area (Å²) in [5, 5.41) is 19.1. The van der Waals surface area contributed by atoms with E-state index < -0.39 is 45.9 Å². The predicted octanol–water partition coefficient (Wildman–Crippen LogP) is 1.83. The molecule has 41 heavy (non-hydrogen) atoms. The highest BCUT2D eigenvalue weighted by molar-refractivity contribution is 7.90. The van der Waals surface area contributed by atoms with E-state index in [1.807, 2.05) is 10.8 Å². The van der Waals surface area contributed by atoms with Crippen molar-refractivity contribution in [3.63, 3.8) is 0 Å². The lowest BCUT2D eigenvalue weighted by atomic mass is 9.89. The molecule has 0 radical (unpaired) electrons. The Labute approximate surface area is 231 Å². The van der Waals surface area contributed by atoms with Crippen LogP contribution >= 0.6 is 0 Å². The van der Waals surface area contributed by atoms with E-state index in [1.54, 1.807) is 6.07 Å². The summed E-state index contributed by atoms with van der Waals surface area (Å²) in [5.74, 6) is -2.39. The Kier molecular flexibility index (Phi) is 6.95. The molecule has 3 aromatic rings. The van der Waals surface area contributed by atoms with Crippen molar-refractivity contribution >= 4 is 27.5 Å². The van der Waals surface area contributed by atoms with E-state index in [1.165, 1.54) is 35.1 Å². The smallest absolute Gasteiger partial charge is 0.422 e. The van der Waals surface area contributed by atoms with Crippen LogP contribution < -0.4 is 20.1 Å². The first kappa shape index (κ1) is 28.1. The van der Waals surface area contributed by atoms with Gasteiger partial charge in [0.15, 0.2) is 12.3 Å². The Morgan fingerprint density at radius 3 is 2.73 bits per heavy atom. The molecule has 3 N–H and O–H groups in total. The number of halogens is 3. The molecule has 16 heteroatoms. The molecule has 1 atom stereocenters. The topological polar surface area (TPSA) is 168 Å². The number of carbonyl (C=O) groups is 2. The zero-order valence-electron chi connectivity index (χ0n) is 21.4. The lowest BCUT2D eigenvalue weighted by Gasteiger charge is -2.36. The largest absolute Gasteiger partial charge is 0.484 e. The fraction of sp³-hybridized carbons (Fsp3) is 0.320. The summed E-state index contributed by atoms with van der Waals surface area (Å²) in [5.41, 5.74) is 0.932. The Morgan fingerprint density at radius 1 is 1.29 bits per heavy atom. The van der Waals surface area contributed by atoms with Gasteiger partial charge in [-0.05, 0) is 55.3 Å². The Morgan fingerprint density at radius 2 is 2.07 bits per heavy atom. The van der Waals surface area contributed by atoms with Crippen molar-refractivity contribution in [2.75, 3.05) is 24.7 Å². The first-order valence-corrected chi connectivity index (χ1v) is 13.8. The number of alkyl halides is 3. The van der Waals surface area contributed by atoms with Gasteiger partial charge in [-0.3, -0.25) is 19.3 Å². The van der Waals surface area contributed by atoms with Crippen LogP contribution in [0.1, 0.15) is 33.6 Å². The maximum absolute atomic E-state index is 13.6. The fourth-order valence-corrected chi connectivity index (χ4v) is 5.53. The Hall–Kier alpha value is -4.49. The molecule has 1 spiro atoms. The molecule has 5 rings (SSSR count). The van der Waals surface area contributed by atoms with Crippen LogP contribution in [-0.4, -0.2) is 60.6 Å². The highest BCUT2D eigenvalue weighted by atomic mass is 32.2. The van der Waals surface area contributed by atoms with Gasteiger partial charge in [0.25, 0.3) is 5.91 Å². The number of hydrogen-bond donors (Lipinski definition) is 3. The SMILES string of the molecule is CNS(=O)(=O)CC(=O)Nc1c(-c2ccc(C#N)cn2)nn2c1C(=O)N[C@@]1(CCc3cc(OCC(F)(F)F)ccc31)C2. The van der Waals surface area contributed by atoms with E-state index in [0.717, 1.165) is 7.05 Å². The predicted molar refractivity (Wildman–Crippen MR) is 137 cm³/mol. The van der Waals surface area contributed by atoms with Crippen LogP contribution in [0.25, 0.3) is 11.4 Å². The van der Waals surface area contributed by atoms with Gasteiger partial charge in [0.05, 0.1) is 23.3 Å². The minimum absolute atomic E-state index is 0.0365. The van der Waals surface area contributed by atoms with Crippen molar-refractivity contribution in [1.82, 2.24) is 24.8 Å². The number of benzene rings is 1. The number of hydrogen-bond acceptors (Lipinski definition) is 8. The molecular formula is C25H22F3N7O5S. The van der Waals surface area contributed by atoms with Crippen LogP contribution in [-0.2, 0) is 33.3 Å². The summed E-state index contributed by atoms with van der Waals surface area (Å²) in [6.07, 6.45) is -2.33. The van der Waals surface area contributed by atoms with Crippen LogP contribution in [0.15, 0.2) is 36.5 Å². The number of aryl methyl sites for hydroxylation is 1. The summed E-state index contributed by atoms with van der Waals surface area (Å²) in [6, 6.07) is 9.43. The molecule has 2 amide bonds. The summed E-state index contributed by atoms with van der Waals surface area (Å²) in [6.45, 7) is -1.32. The van der Waals surface area contributed by atoms with Crippen molar-refractivity contribution in [2.45, 2.75) is 31.1 Å². The lowest BCUT2D eigenvalue weighted by molar-refractivity contribution is -0.153. The van der Waals surface area contributed by atoms with Crippen LogP contribution in [0, 0.1) is 11.3 Å². The molecule has 1 aromatic carbocycles. The zero-order chi connectivity index (χ0) is 29.6. The standard InChI is InChI=1S/C25H22F3N7O5S/c1-30-41(38,39)11-19(36)32-21-20(18-5-2-14(9-29)10-31-18)34-35-12-24(33-23(37)22(21)35)7-6-15-8-16(3-4-17(15)24)40-13-25(26,27)28/h2-5,8,10,30H,6-7,11-13H2,1H3,(H,32,36)(H,33,37)/t24-/m0/s1. The number of nitrogens with one attached hydrogen (secondary N) is 3. The summed E-state index contributed by atoms with van der Waals surface area (Å²) in [7, 11) is -2.76. The number of nitriles is 1. The third kappa shape index (κ3) is 5.58. The third-order valence-electron chi connectivity index (χ3n) is 6.79. The maximum atomic E-state index is 13.6. The highest BCUT2D eigenvalue weighted by Crippen LogP contribution is 2.43. The van der Waals surface area contributed by atoms with E-state index in [-0.39, 0.29) is 40.6 Å². The molecule has 1 aliphatic carbocycles. The van der Waals surface area contributed by atoms with Crippen LogP contribution in [0.3, 0.4) is 0 Å². The quantitative estimate of drug-likeness (QED) is 0.375. The number of nitrogens with zero attached hydrogens (tertiary/aromatic N) is 4. The lowest BCUT2D eigenvalue weighted by Crippen LogP contribution is -2.52. The number of sulfonamides is 1. The molecule has 2 aliphatic rings. The van der Waals surface area contributed by atoms with Gasteiger partial charge in [-0.2, -0.15) is 23.5 Å². The van der Waals surface area contributed by atoms with E-state index >= 15 is 0 Å². The van der Waals surface area contributed by atoms with Crippen LogP contribution in [0.2, 0.25) is 0 Å². The number of anilines is 1. The number of ether oxygens (including phenoxy) is 1. The second kappa shape index (κ2) is 10.2. The zero-order valence-corrected chi connectivity index (χ0v) is 22.2. The van der Waals surface area contributed by atoms with Crippen LogP contribution in [0.4, 0.5) is 18.9 Å². The van der Waals surface area contributed by atoms with Gasteiger partial charge in [0.1, 0.15) is 29.0 Å². The van der Waals surface area contributed by atoms with Gasteiger partial charge >= 0.3 is 6.18 Å². The second-order valence-electron chi connectivity index (χ2n) is 9.54. The highest BCUT2D eigenvalue weighted by Gasteiger charge is 2.46. The molecule has 2 aromatic heterocycles. The maximum Gasteiger partial charge on any atom is 0.422 e. The van der Waals surface area contributed by atoms with Gasteiger partial charge in [0, 0.05) is 6.20 Å². The minimum atomic E-state index is -4.49. The molecule has 3 heterocycles. The monoisotopic (exact) mass is 589 g/mol. The number of rotatable bonds is 7. The van der Waals surface area contributed by atoms with Crippen molar-refractivity contribution in [3.05, 3.63) is 58.9 Å². The number of fused-ring (bicyclic) bond motifs is 3. The average molecular weight is 590 g/mol. The number of carbonyl (C=O) groups excluding carboxylic acids is 2.